The molecule has 1 N–H and O–H groups in total. The highest BCUT2D eigenvalue weighted by atomic mass is 32.2. The summed E-state index contributed by atoms with van der Waals surface area (Å²) in [6, 6.07) is 18.2. The molecule has 1 aromatic heterocycles. The highest BCUT2D eigenvalue weighted by molar-refractivity contribution is 8.00. The van der Waals surface area contributed by atoms with Crippen molar-refractivity contribution < 1.29 is 9.53 Å². The molecule has 1 aliphatic rings. The molecule has 4 rings (SSSR count). The van der Waals surface area contributed by atoms with Crippen molar-refractivity contribution in [1.82, 2.24) is 20.1 Å². The van der Waals surface area contributed by atoms with Gasteiger partial charge in [-0.25, -0.2) is 0 Å². The van der Waals surface area contributed by atoms with Crippen LogP contribution in [0.25, 0.3) is 17.1 Å². The molecule has 31 heavy (non-hydrogen) atoms. The maximum Gasteiger partial charge on any atom is 0.233 e. The summed E-state index contributed by atoms with van der Waals surface area (Å²) in [5.41, 5.74) is 1.90. The average molecular weight is 437 g/mol. The lowest BCUT2D eigenvalue weighted by molar-refractivity contribution is -0.120. The first-order valence-corrected chi connectivity index (χ1v) is 11.7. The van der Waals surface area contributed by atoms with E-state index in [0.29, 0.717) is 17.8 Å². The molecule has 6 nitrogen and oxygen atoms in total. The van der Waals surface area contributed by atoms with Gasteiger partial charge in [0.1, 0.15) is 5.75 Å². The van der Waals surface area contributed by atoms with E-state index in [1.54, 1.807) is 0 Å². The van der Waals surface area contributed by atoms with Crippen molar-refractivity contribution in [3.05, 3.63) is 54.6 Å². The lowest BCUT2D eigenvalue weighted by Crippen LogP contribution is -2.37. The van der Waals surface area contributed by atoms with Crippen molar-refractivity contribution in [3.8, 4) is 22.8 Å². The second-order valence-electron chi connectivity index (χ2n) is 7.68. The van der Waals surface area contributed by atoms with Gasteiger partial charge in [0, 0.05) is 17.3 Å². The molecule has 1 amide bonds. The Morgan fingerprint density at radius 2 is 1.84 bits per heavy atom. The fraction of sp³-hybridized carbons (Fsp3) is 0.375. The van der Waals surface area contributed by atoms with E-state index in [1.807, 2.05) is 73.0 Å². The molecule has 2 aromatic carbocycles. The third-order valence-corrected chi connectivity index (χ3v) is 6.47. The van der Waals surface area contributed by atoms with Crippen molar-refractivity contribution in [1.29, 1.82) is 0 Å². The maximum absolute atomic E-state index is 12.7. The summed E-state index contributed by atoms with van der Waals surface area (Å²) in [5.74, 6) is 1.62. The minimum Gasteiger partial charge on any atom is -0.494 e. The minimum atomic E-state index is -0.269. The van der Waals surface area contributed by atoms with Gasteiger partial charge in [0.15, 0.2) is 11.0 Å². The molecule has 0 radical (unpaired) electrons. The summed E-state index contributed by atoms with van der Waals surface area (Å²) in [7, 11) is 0. The number of amides is 1. The van der Waals surface area contributed by atoms with Gasteiger partial charge in [0.2, 0.25) is 5.91 Å². The molecule has 1 heterocycles. The number of ether oxygens (including phenoxy) is 1. The van der Waals surface area contributed by atoms with E-state index in [0.717, 1.165) is 35.7 Å². The van der Waals surface area contributed by atoms with Crippen LogP contribution in [-0.2, 0) is 4.79 Å². The zero-order valence-corrected chi connectivity index (χ0v) is 18.8. The molecule has 1 saturated carbocycles. The number of nitrogens with zero attached hydrogens (tertiary/aromatic N) is 3. The second kappa shape index (κ2) is 10.0. The summed E-state index contributed by atoms with van der Waals surface area (Å²) >= 11 is 1.43. The molecular weight excluding hydrogens is 408 g/mol. The second-order valence-corrected chi connectivity index (χ2v) is 8.99. The van der Waals surface area contributed by atoms with Crippen LogP contribution in [-0.4, -0.2) is 38.6 Å². The standard InChI is InChI=1S/C24H28N4O2S/c1-3-30-21-15-13-20(14-16-21)28-22(18-9-5-4-6-10-18)26-27-24(28)31-17(2)23(29)25-19-11-7-8-12-19/h4-6,9-10,13-17,19H,3,7-8,11-12H2,1-2H3,(H,25,29). The highest BCUT2D eigenvalue weighted by Gasteiger charge is 2.24. The van der Waals surface area contributed by atoms with E-state index >= 15 is 0 Å². The number of rotatable bonds is 8. The van der Waals surface area contributed by atoms with Crippen LogP contribution in [0.4, 0.5) is 0 Å². The SMILES string of the molecule is CCOc1ccc(-n2c(SC(C)C(=O)NC3CCCC3)nnc2-c2ccccc2)cc1. The smallest absolute Gasteiger partial charge is 0.233 e. The maximum atomic E-state index is 12.7. The Bertz CT molecular complexity index is 998. The first kappa shape index (κ1) is 21.4. The van der Waals surface area contributed by atoms with Crippen molar-refractivity contribution in [2.75, 3.05) is 6.61 Å². The number of aromatic nitrogens is 3. The fourth-order valence-corrected chi connectivity index (χ4v) is 4.69. The molecule has 0 bridgehead atoms. The Kier molecular flexibility index (Phi) is 6.92. The quantitative estimate of drug-likeness (QED) is 0.510. The topological polar surface area (TPSA) is 69.0 Å². The molecule has 0 aliphatic heterocycles. The Labute approximate surface area is 187 Å². The average Bonchev–Trinajstić information content (AvgIpc) is 3.45. The summed E-state index contributed by atoms with van der Waals surface area (Å²) in [4.78, 5) is 12.7. The van der Waals surface area contributed by atoms with Crippen molar-refractivity contribution >= 4 is 17.7 Å². The number of carbonyl (C=O) groups is 1. The van der Waals surface area contributed by atoms with Crippen LogP contribution in [0.5, 0.6) is 5.75 Å². The number of hydrogen-bond acceptors (Lipinski definition) is 5. The molecule has 162 valence electrons. The van der Waals surface area contributed by atoms with E-state index in [4.69, 9.17) is 4.74 Å². The Morgan fingerprint density at radius 3 is 2.52 bits per heavy atom. The van der Waals surface area contributed by atoms with Gasteiger partial charge in [0.05, 0.1) is 11.9 Å². The van der Waals surface area contributed by atoms with Crippen LogP contribution < -0.4 is 10.1 Å². The first-order valence-electron chi connectivity index (χ1n) is 10.9. The molecule has 1 aliphatic carbocycles. The third-order valence-electron chi connectivity index (χ3n) is 5.42. The Balaban J connectivity index is 1.62. The number of thioether (sulfide) groups is 1. The van der Waals surface area contributed by atoms with E-state index in [2.05, 4.69) is 15.5 Å². The van der Waals surface area contributed by atoms with Crippen LogP contribution >= 0.6 is 11.8 Å². The molecule has 7 heteroatoms. The third kappa shape index (κ3) is 5.10. The largest absolute Gasteiger partial charge is 0.494 e. The highest BCUT2D eigenvalue weighted by Crippen LogP contribution is 2.31. The van der Waals surface area contributed by atoms with Crippen LogP contribution in [0.2, 0.25) is 0 Å². The van der Waals surface area contributed by atoms with E-state index in [-0.39, 0.29) is 11.2 Å². The van der Waals surface area contributed by atoms with E-state index in [1.165, 1.54) is 24.6 Å². The zero-order valence-electron chi connectivity index (χ0n) is 18.0. The van der Waals surface area contributed by atoms with Gasteiger partial charge < -0.3 is 10.1 Å². The summed E-state index contributed by atoms with van der Waals surface area (Å²) < 4.78 is 7.59. The summed E-state index contributed by atoms with van der Waals surface area (Å²) in [6.45, 7) is 4.51. The summed E-state index contributed by atoms with van der Waals surface area (Å²) in [6.07, 6.45) is 4.53. The lowest BCUT2D eigenvalue weighted by atomic mass is 10.2. The zero-order chi connectivity index (χ0) is 21.6. The lowest BCUT2D eigenvalue weighted by Gasteiger charge is -2.17. The Morgan fingerprint density at radius 1 is 1.13 bits per heavy atom. The fourth-order valence-electron chi connectivity index (χ4n) is 3.81. The Hall–Kier alpha value is -2.80. The number of hydrogen-bond donors (Lipinski definition) is 1. The predicted octanol–water partition coefficient (Wildman–Crippen LogP) is 4.87. The van der Waals surface area contributed by atoms with Crippen molar-refractivity contribution in [2.24, 2.45) is 0 Å². The molecule has 3 aromatic rings. The van der Waals surface area contributed by atoms with Gasteiger partial charge in [-0.3, -0.25) is 9.36 Å². The van der Waals surface area contributed by atoms with E-state index < -0.39 is 0 Å². The number of carbonyl (C=O) groups excluding carboxylic acids is 1. The number of benzene rings is 2. The van der Waals surface area contributed by atoms with Gasteiger partial charge >= 0.3 is 0 Å². The monoisotopic (exact) mass is 436 g/mol. The predicted molar refractivity (Wildman–Crippen MR) is 124 cm³/mol. The molecule has 0 spiro atoms. The minimum absolute atomic E-state index is 0.0550. The normalized spacial score (nSPS) is 15.0. The van der Waals surface area contributed by atoms with Gasteiger partial charge in [-0.05, 0) is 51.0 Å². The molecule has 1 atom stereocenters. The number of nitrogens with one attached hydrogen (secondary N) is 1. The van der Waals surface area contributed by atoms with Crippen LogP contribution in [0, 0.1) is 0 Å². The van der Waals surface area contributed by atoms with Crippen LogP contribution in [0.3, 0.4) is 0 Å². The van der Waals surface area contributed by atoms with Crippen molar-refractivity contribution in [2.45, 2.75) is 56.0 Å². The first-order chi connectivity index (χ1) is 15.2. The van der Waals surface area contributed by atoms with Crippen molar-refractivity contribution in [3.63, 3.8) is 0 Å². The molecular formula is C24H28N4O2S. The van der Waals surface area contributed by atoms with Gasteiger partial charge in [-0.15, -0.1) is 10.2 Å². The van der Waals surface area contributed by atoms with Gasteiger partial charge in [0.25, 0.3) is 0 Å². The molecule has 0 saturated heterocycles. The molecule has 1 unspecified atom stereocenters. The van der Waals surface area contributed by atoms with Crippen LogP contribution in [0.15, 0.2) is 59.8 Å². The van der Waals surface area contributed by atoms with Gasteiger partial charge in [-0.1, -0.05) is 54.9 Å². The van der Waals surface area contributed by atoms with E-state index in [9.17, 15) is 4.79 Å². The van der Waals surface area contributed by atoms with Gasteiger partial charge in [-0.2, -0.15) is 0 Å². The molecule has 1 fully saturated rings. The van der Waals surface area contributed by atoms with Crippen LogP contribution in [0.1, 0.15) is 39.5 Å². The summed E-state index contributed by atoms with van der Waals surface area (Å²) in [5, 5.41) is 12.5.